The Kier molecular flexibility index (Phi) is 6.38. The second-order valence-corrected chi connectivity index (χ2v) is 13.2. The molecule has 0 radical (unpaired) electrons. The lowest BCUT2D eigenvalue weighted by molar-refractivity contribution is 0.0562. The Hall–Kier alpha value is -4.84. The Morgan fingerprint density at radius 3 is 2.35 bits per heavy atom. The molecule has 1 aromatic carbocycles. The number of carbonyl (C=O) groups is 1. The Balaban J connectivity index is 1.27. The number of piperidine rings is 1. The van der Waals surface area contributed by atoms with Gasteiger partial charge in [0.1, 0.15) is 16.4 Å². The second kappa shape index (κ2) is 10.2. The van der Waals surface area contributed by atoms with Gasteiger partial charge in [0.2, 0.25) is 5.56 Å². The van der Waals surface area contributed by atoms with Crippen LogP contribution < -0.4 is 11.3 Å². The van der Waals surface area contributed by atoms with Gasteiger partial charge in [-0.05, 0) is 37.8 Å². The number of H-pyrrole nitrogens is 1. The van der Waals surface area contributed by atoms with Gasteiger partial charge in [0.25, 0.3) is 5.91 Å². The van der Waals surface area contributed by atoms with E-state index in [0.717, 1.165) is 35.9 Å². The van der Waals surface area contributed by atoms with Gasteiger partial charge in [-0.15, -0.1) is 0 Å². The van der Waals surface area contributed by atoms with Crippen LogP contribution >= 0.6 is 0 Å². The fourth-order valence-electron chi connectivity index (χ4n) is 6.65. The highest BCUT2D eigenvalue weighted by Gasteiger charge is 2.45. The number of nitrogen functional groups attached to an aromatic ring is 1. The average Bonchev–Trinajstić information content (AvgIpc) is 3.54. The molecule has 0 saturated carbocycles. The SMILES string of the molecule is CS(=O)(=O)c1c(C2C[C@H]3CC[C@@H](C2)N3C(=O)c2cccc(=O)[nH]2)nc2c(-c3ccc(-c4ccccc4)nc3)cnn2c1N. The third-order valence-electron chi connectivity index (χ3n) is 8.53. The Morgan fingerprint density at radius 2 is 1.70 bits per heavy atom. The summed E-state index contributed by atoms with van der Waals surface area (Å²) in [4.78, 5) is 39.3. The lowest BCUT2D eigenvalue weighted by Gasteiger charge is -2.39. The third-order valence-corrected chi connectivity index (χ3v) is 9.69. The lowest BCUT2D eigenvalue weighted by atomic mass is 9.87. The summed E-state index contributed by atoms with van der Waals surface area (Å²) in [6.45, 7) is 0. The maximum absolute atomic E-state index is 13.4. The van der Waals surface area contributed by atoms with E-state index in [-0.39, 0.29) is 45.9 Å². The highest BCUT2D eigenvalue weighted by Crippen LogP contribution is 2.45. The van der Waals surface area contributed by atoms with E-state index in [0.29, 0.717) is 29.7 Å². The monoisotopic (exact) mass is 595 g/mol. The molecular formula is C31H29N7O4S. The second-order valence-electron chi connectivity index (χ2n) is 11.3. The van der Waals surface area contributed by atoms with Crippen molar-refractivity contribution in [2.45, 2.75) is 48.6 Å². The van der Waals surface area contributed by atoms with Crippen molar-refractivity contribution in [3.63, 3.8) is 0 Å². The number of nitrogens with two attached hydrogens (primary N) is 1. The molecule has 11 nitrogen and oxygen atoms in total. The first-order chi connectivity index (χ1) is 20.7. The number of aromatic nitrogens is 5. The summed E-state index contributed by atoms with van der Waals surface area (Å²) in [7, 11) is -3.77. The molecule has 0 aliphatic carbocycles. The van der Waals surface area contributed by atoms with Crippen LogP contribution in [0.2, 0.25) is 0 Å². The molecule has 3 atom stereocenters. The maximum atomic E-state index is 13.4. The van der Waals surface area contributed by atoms with Crippen LogP contribution in [0.1, 0.15) is 47.8 Å². The Bertz CT molecular complexity index is 2020. The molecule has 2 saturated heterocycles. The zero-order chi connectivity index (χ0) is 29.9. The quantitative estimate of drug-likeness (QED) is 0.312. The molecule has 2 aliphatic heterocycles. The number of fused-ring (bicyclic) bond motifs is 3. The summed E-state index contributed by atoms with van der Waals surface area (Å²) < 4.78 is 27.6. The molecule has 3 N–H and O–H groups in total. The number of nitrogens with zero attached hydrogens (tertiary/aromatic N) is 5. The summed E-state index contributed by atoms with van der Waals surface area (Å²) in [5, 5.41) is 4.41. The summed E-state index contributed by atoms with van der Waals surface area (Å²) in [5.41, 5.74) is 10.6. The molecule has 0 spiro atoms. The number of aromatic amines is 1. The van der Waals surface area contributed by atoms with Crippen LogP contribution in [0.15, 0.2) is 82.7 Å². The highest BCUT2D eigenvalue weighted by atomic mass is 32.2. The predicted octanol–water partition coefficient (Wildman–Crippen LogP) is 3.68. The summed E-state index contributed by atoms with van der Waals surface area (Å²) in [6.07, 6.45) is 7.13. The molecule has 2 bridgehead atoms. The van der Waals surface area contributed by atoms with Crippen molar-refractivity contribution >= 4 is 27.2 Å². The number of hydrogen-bond donors (Lipinski definition) is 2. The normalized spacial score (nSPS) is 20.0. The first-order valence-electron chi connectivity index (χ1n) is 14.1. The largest absolute Gasteiger partial charge is 0.382 e. The van der Waals surface area contributed by atoms with Crippen molar-refractivity contribution in [3.8, 4) is 22.4 Å². The molecule has 2 fully saturated rings. The molecule has 4 aromatic heterocycles. The minimum atomic E-state index is -3.77. The molecule has 43 heavy (non-hydrogen) atoms. The van der Waals surface area contributed by atoms with Crippen molar-refractivity contribution in [1.82, 2.24) is 29.5 Å². The van der Waals surface area contributed by atoms with Crippen LogP contribution in [0.25, 0.3) is 28.0 Å². The van der Waals surface area contributed by atoms with Crippen molar-refractivity contribution in [3.05, 3.63) is 94.8 Å². The van der Waals surface area contributed by atoms with Crippen LogP contribution in [-0.2, 0) is 9.84 Å². The highest BCUT2D eigenvalue weighted by molar-refractivity contribution is 7.91. The van der Waals surface area contributed by atoms with Crippen molar-refractivity contribution < 1.29 is 13.2 Å². The Labute approximate surface area is 247 Å². The Morgan fingerprint density at radius 1 is 0.953 bits per heavy atom. The zero-order valence-electron chi connectivity index (χ0n) is 23.3. The summed E-state index contributed by atoms with van der Waals surface area (Å²) in [6, 6.07) is 18.0. The van der Waals surface area contributed by atoms with Crippen molar-refractivity contribution in [1.29, 1.82) is 0 Å². The molecule has 1 unspecified atom stereocenters. The fourth-order valence-corrected chi connectivity index (χ4v) is 7.71. The number of sulfone groups is 1. The average molecular weight is 596 g/mol. The van der Waals surface area contributed by atoms with Gasteiger partial charge in [-0.1, -0.05) is 42.5 Å². The van der Waals surface area contributed by atoms with Gasteiger partial charge in [-0.3, -0.25) is 14.6 Å². The van der Waals surface area contributed by atoms with Crippen LogP contribution in [0.5, 0.6) is 0 Å². The van der Waals surface area contributed by atoms with Crippen molar-refractivity contribution in [2.75, 3.05) is 12.0 Å². The third kappa shape index (κ3) is 4.67. The molecule has 7 rings (SSSR count). The smallest absolute Gasteiger partial charge is 0.270 e. The van der Waals surface area contributed by atoms with E-state index >= 15 is 0 Å². The summed E-state index contributed by atoms with van der Waals surface area (Å²) in [5.74, 6) is -0.454. The van der Waals surface area contributed by atoms with Gasteiger partial charge in [0, 0.05) is 53.2 Å². The molecule has 12 heteroatoms. The lowest BCUT2D eigenvalue weighted by Crippen LogP contribution is -2.46. The number of pyridine rings is 2. The predicted molar refractivity (Wildman–Crippen MR) is 161 cm³/mol. The zero-order valence-corrected chi connectivity index (χ0v) is 24.2. The van der Waals surface area contributed by atoms with E-state index in [1.165, 1.54) is 10.6 Å². The van der Waals surface area contributed by atoms with Crippen LogP contribution in [0, 0.1) is 0 Å². The van der Waals surface area contributed by atoms with Gasteiger partial charge in [0.15, 0.2) is 15.5 Å². The van der Waals surface area contributed by atoms with E-state index in [2.05, 4.69) is 15.1 Å². The molecule has 218 valence electrons. The maximum Gasteiger partial charge on any atom is 0.270 e. The van der Waals surface area contributed by atoms with Gasteiger partial charge in [0.05, 0.1) is 17.6 Å². The fraction of sp³-hybridized carbons (Fsp3) is 0.258. The molecule has 2 aliphatic rings. The van der Waals surface area contributed by atoms with Crippen LogP contribution in [0.3, 0.4) is 0 Å². The van der Waals surface area contributed by atoms with E-state index in [1.807, 2.05) is 47.4 Å². The number of nitrogens with one attached hydrogen (secondary N) is 1. The minimum absolute atomic E-state index is 0.00956. The molecule has 5 aromatic rings. The first kappa shape index (κ1) is 27.0. The van der Waals surface area contributed by atoms with Gasteiger partial charge in [-0.25, -0.2) is 13.4 Å². The van der Waals surface area contributed by atoms with Gasteiger partial charge < -0.3 is 15.6 Å². The topological polar surface area (TPSA) is 156 Å². The number of anilines is 1. The molecule has 6 heterocycles. The number of benzene rings is 1. The number of hydrogen-bond acceptors (Lipinski definition) is 8. The van der Waals surface area contributed by atoms with E-state index in [1.54, 1.807) is 24.5 Å². The number of carbonyl (C=O) groups excluding carboxylic acids is 1. The summed E-state index contributed by atoms with van der Waals surface area (Å²) >= 11 is 0. The van der Waals surface area contributed by atoms with Gasteiger partial charge >= 0.3 is 0 Å². The van der Waals surface area contributed by atoms with E-state index in [4.69, 9.17) is 10.7 Å². The standard InChI is InChI=1S/C31H29N7O4S/c1-43(41,42)28-27(20-14-21-11-12-22(15-20)37(21)31(40)25-8-5-9-26(39)35-25)36-30-23(17-34-38(30)29(28)32)19-10-13-24(33-16-19)18-6-3-2-4-7-18/h2-10,13,16-17,20-22H,11-12,14-15,32H2,1H3,(H,35,39)/t20?,21-,22+. The molecule has 1 amide bonds. The van der Waals surface area contributed by atoms with E-state index < -0.39 is 9.84 Å². The van der Waals surface area contributed by atoms with E-state index in [9.17, 15) is 18.0 Å². The molecular weight excluding hydrogens is 566 g/mol. The minimum Gasteiger partial charge on any atom is -0.382 e. The van der Waals surface area contributed by atoms with Gasteiger partial charge in [-0.2, -0.15) is 9.61 Å². The van der Waals surface area contributed by atoms with Crippen molar-refractivity contribution in [2.24, 2.45) is 0 Å². The van der Waals surface area contributed by atoms with Crippen LogP contribution in [0.4, 0.5) is 5.82 Å². The van der Waals surface area contributed by atoms with Crippen LogP contribution in [-0.4, -0.2) is 62.1 Å². The number of amides is 1. The number of rotatable bonds is 5. The first-order valence-corrected chi connectivity index (χ1v) is 16.0.